The summed E-state index contributed by atoms with van der Waals surface area (Å²) in [5, 5.41) is 13.1. The number of rotatable bonds is 3. The predicted octanol–water partition coefficient (Wildman–Crippen LogP) is 1.42. The van der Waals surface area contributed by atoms with Crippen LogP contribution in [0.15, 0.2) is 12.3 Å². The number of nitrogens with zero attached hydrogens (tertiary/aromatic N) is 2. The van der Waals surface area contributed by atoms with Crippen LogP contribution < -0.4 is 5.32 Å². The lowest BCUT2D eigenvalue weighted by Crippen LogP contribution is -2.34. The van der Waals surface area contributed by atoms with Gasteiger partial charge in [-0.25, -0.2) is 0 Å². The number of carbonyl (C=O) groups excluding carboxylic acids is 1. The normalized spacial score (nSPS) is 22.6. The highest BCUT2D eigenvalue weighted by molar-refractivity contribution is 5.99. The minimum absolute atomic E-state index is 0.0683. The molecular formula is C14H21N3O2. The molecule has 0 bridgehead atoms. The van der Waals surface area contributed by atoms with E-state index in [9.17, 15) is 9.90 Å². The maximum atomic E-state index is 12.5. The van der Waals surface area contributed by atoms with Crippen LogP contribution in [0.3, 0.4) is 0 Å². The van der Waals surface area contributed by atoms with Gasteiger partial charge in [0.05, 0.1) is 16.9 Å². The summed E-state index contributed by atoms with van der Waals surface area (Å²) < 4.78 is 0. The molecule has 2 heterocycles. The molecule has 0 aliphatic carbocycles. The summed E-state index contributed by atoms with van der Waals surface area (Å²) >= 11 is 0. The quantitative estimate of drug-likeness (QED) is 0.865. The molecule has 1 aromatic heterocycles. The smallest absolute Gasteiger partial charge is 0.257 e. The number of aryl methyl sites for hydroxylation is 1. The second-order valence-electron chi connectivity index (χ2n) is 5.38. The maximum absolute atomic E-state index is 12.5. The van der Waals surface area contributed by atoms with Crippen LogP contribution in [0.2, 0.25) is 0 Å². The highest BCUT2D eigenvalue weighted by atomic mass is 16.3. The molecule has 0 saturated carbocycles. The van der Waals surface area contributed by atoms with Crippen molar-refractivity contribution in [1.29, 1.82) is 0 Å². The first-order valence-electron chi connectivity index (χ1n) is 6.65. The lowest BCUT2D eigenvalue weighted by Gasteiger charge is -2.20. The topological polar surface area (TPSA) is 65.5 Å². The number of β-amino-alcohol motifs (C(OH)–C–C–N with tert-alkyl or cyclic N) is 1. The van der Waals surface area contributed by atoms with E-state index in [1.807, 2.05) is 19.9 Å². The van der Waals surface area contributed by atoms with Crippen molar-refractivity contribution in [3.8, 4) is 0 Å². The summed E-state index contributed by atoms with van der Waals surface area (Å²) in [7, 11) is 0. The van der Waals surface area contributed by atoms with Crippen molar-refractivity contribution in [3.05, 3.63) is 23.5 Å². The molecule has 1 aliphatic heterocycles. The van der Waals surface area contributed by atoms with Crippen molar-refractivity contribution in [2.24, 2.45) is 0 Å². The summed E-state index contributed by atoms with van der Waals surface area (Å²) in [6, 6.07) is 1.88. The van der Waals surface area contributed by atoms with Gasteiger partial charge in [-0.15, -0.1) is 0 Å². The van der Waals surface area contributed by atoms with Gasteiger partial charge in [0, 0.05) is 31.5 Å². The zero-order chi connectivity index (χ0) is 14.0. The van der Waals surface area contributed by atoms with Gasteiger partial charge in [0.2, 0.25) is 0 Å². The molecule has 104 valence electrons. The summed E-state index contributed by atoms with van der Waals surface area (Å²) in [4.78, 5) is 18.4. The van der Waals surface area contributed by atoms with Gasteiger partial charge < -0.3 is 15.3 Å². The number of likely N-dealkylation sites (tertiary alicyclic amines) is 1. The standard InChI is InChI=1S/C14H21N3O2/c1-4-15-12-7-10(2)16-8-11(12)13(18)17-6-5-14(3,19)9-17/h7-8,19H,4-6,9H2,1-3H3,(H,15,16). The van der Waals surface area contributed by atoms with Crippen LogP contribution >= 0.6 is 0 Å². The first kappa shape index (κ1) is 13.8. The summed E-state index contributed by atoms with van der Waals surface area (Å²) in [5.41, 5.74) is 1.49. The number of amides is 1. The van der Waals surface area contributed by atoms with Gasteiger partial charge in [0.15, 0.2) is 0 Å². The van der Waals surface area contributed by atoms with Crippen LogP contribution in [-0.4, -0.2) is 46.1 Å². The fourth-order valence-electron chi connectivity index (χ4n) is 2.36. The van der Waals surface area contributed by atoms with E-state index in [2.05, 4.69) is 10.3 Å². The summed E-state index contributed by atoms with van der Waals surface area (Å²) in [5.74, 6) is -0.0683. The molecule has 0 spiro atoms. The molecule has 5 heteroatoms. The Morgan fingerprint density at radius 1 is 1.63 bits per heavy atom. The maximum Gasteiger partial charge on any atom is 0.257 e. The van der Waals surface area contributed by atoms with Crippen molar-refractivity contribution >= 4 is 11.6 Å². The van der Waals surface area contributed by atoms with Crippen molar-refractivity contribution in [2.45, 2.75) is 32.8 Å². The Bertz CT molecular complexity index is 486. The number of aliphatic hydroxyl groups is 1. The van der Waals surface area contributed by atoms with E-state index in [1.54, 1.807) is 18.0 Å². The largest absolute Gasteiger partial charge is 0.388 e. The van der Waals surface area contributed by atoms with E-state index in [-0.39, 0.29) is 5.91 Å². The zero-order valence-electron chi connectivity index (χ0n) is 11.7. The molecule has 1 atom stereocenters. The number of pyridine rings is 1. The number of hydrogen-bond acceptors (Lipinski definition) is 4. The van der Waals surface area contributed by atoms with Crippen molar-refractivity contribution in [3.63, 3.8) is 0 Å². The first-order valence-corrected chi connectivity index (χ1v) is 6.65. The number of anilines is 1. The Kier molecular flexibility index (Phi) is 3.75. The molecule has 2 N–H and O–H groups in total. The molecule has 0 radical (unpaired) electrons. The third-order valence-electron chi connectivity index (χ3n) is 3.38. The van der Waals surface area contributed by atoms with Crippen molar-refractivity contribution in [1.82, 2.24) is 9.88 Å². The average Bonchev–Trinajstić information content (AvgIpc) is 2.70. The first-order chi connectivity index (χ1) is 8.93. The van der Waals surface area contributed by atoms with E-state index >= 15 is 0 Å². The minimum atomic E-state index is -0.772. The highest BCUT2D eigenvalue weighted by Gasteiger charge is 2.35. The average molecular weight is 263 g/mol. The molecule has 19 heavy (non-hydrogen) atoms. The molecule has 1 saturated heterocycles. The van der Waals surface area contributed by atoms with Crippen molar-refractivity contribution < 1.29 is 9.90 Å². The number of hydrogen-bond donors (Lipinski definition) is 2. The molecular weight excluding hydrogens is 242 g/mol. The third-order valence-corrected chi connectivity index (χ3v) is 3.38. The SMILES string of the molecule is CCNc1cc(C)ncc1C(=O)N1CCC(C)(O)C1. The molecule has 0 aromatic carbocycles. The molecule has 1 unspecified atom stereocenters. The lowest BCUT2D eigenvalue weighted by atomic mass is 10.1. The summed E-state index contributed by atoms with van der Waals surface area (Å²) in [6.45, 7) is 7.37. The monoisotopic (exact) mass is 263 g/mol. The Balaban J connectivity index is 2.24. The minimum Gasteiger partial charge on any atom is -0.388 e. The van der Waals surface area contributed by atoms with Crippen LogP contribution in [0.4, 0.5) is 5.69 Å². The predicted molar refractivity (Wildman–Crippen MR) is 74.3 cm³/mol. The molecule has 1 aromatic rings. The third kappa shape index (κ3) is 3.04. The van der Waals surface area contributed by atoms with Crippen LogP contribution in [0.25, 0.3) is 0 Å². The zero-order valence-corrected chi connectivity index (χ0v) is 11.7. The van der Waals surface area contributed by atoms with Crippen LogP contribution in [-0.2, 0) is 0 Å². The van der Waals surface area contributed by atoms with Crippen LogP contribution in [0.5, 0.6) is 0 Å². The molecule has 2 rings (SSSR count). The number of aromatic nitrogens is 1. The van der Waals surface area contributed by atoms with E-state index < -0.39 is 5.60 Å². The molecule has 1 aliphatic rings. The van der Waals surface area contributed by atoms with Gasteiger partial charge >= 0.3 is 0 Å². The van der Waals surface area contributed by atoms with Gasteiger partial charge in [-0.05, 0) is 33.3 Å². The molecule has 1 amide bonds. The second kappa shape index (κ2) is 5.17. The Hall–Kier alpha value is -1.62. The number of carbonyl (C=O) groups is 1. The fourth-order valence-corrected chi connectivity index (χ4v) is 2.36. The van der Waals surface area contributed by atoms with Gasteiger partial charge in [-0.1, -0.05) is 0 Å². The molecule has 5 nitrogen and oxygen atoms in total. The van der Waals surface area contributed by atoms with E-state index in [4.69, 9.17) is 0 Å². The van der Waals surface area contributed by atoms with Crippen LogP contribution in [0, 0.1) is 6.92 Å². The van der Waals surface area contributed by atoms with Crippen molar-refractivity contribution in [2.75, 3.05) is 25.0 Å². The van der Waals surface area contributed by atoms with E-state index in [0.29, 0.717) is 25.1 Å². The fraction of sp³-hybridized carbons (Fsp3) is 0.571. The lowest BCUT2D eigenvalue weighted by molar-refractivity contribution is 0.0572. The van der Waals surface area contributed by atoms with Crippen LogP contribution in [0.1, 0.15) is 36.3 Å². The Morgan fingerprint density at radius 2 is 2.37 bits per heavy atom. The molecule has 1 fully saturated rings. The highest BCUT2D eigenvalue weighted by Crippen LogP contribution is 2.24. The second-order valence-corrected chi connectivity index (χ2v) is 5.38. The van der Waals surface area contributed by atoms with E-state index in [1.165, 1.54) is 0 Å². The Labute approximate surface area is 113 Å². The van der Waals surface area contributed by atoms with E-state index in [0.717, 1.165) is 17.9 Å². The number of nitrogens with one attached hydrogen (secondary N) is 1. The summed E-state index contributed by atoms with van der Waals surface area (Å²) in [6.07, 6.45) is 2.23. The van der Waals surface area contributed by atoms with Gasteiger partial charge in [0.25, 0.3) is 5.91 Å². The van der Waals surface area contributed by atoms with Gasteiger partial charge in [-0.3, -0.25) is 9.78 Å². The Morgan fingerprint density at radius 3 is 2.95 bits per heavy atom. The van der Waals surface area contributed by atoms with Gasteiger partial charge in [0.1, 0.15) is 0 Å². The van der Waals surface area contributed by atoms with Gasteiger partial charge in [-0.2, -0.15) is 0 Å².